The molecule has 0 aromatic heterocycles. The summed E-state index contributed by atoms with van der Waals surface area (Å²) in [6.45, 7) is 3.57. The first-order valence-electron chi connectivity index (χ1n) is 38.4. The fourth-order valence-electron chi connectivity index (χ4n) is 11.1. The minimum Gasteiger partial charge on any atom is -0.462 e. The number of ether oxygens (including phenoxy) is 2. The molecule has 2 atom stereocenters. The molecule has 10 heteroatoms. The highest BCUT2D eigenvalue weighted by Crippen LogP contribution is 2.43. The molecule has 0 aliphatic heterocycles. The van der Waals surface area contributed by atoms with Gasteiger partial charge in [-0.2, -0.15) is 0 Å². The second-order valence-corrected chi connectivity index (χ2v) is 26.9. The van der Waals surface area contributed by atoms with Crippen molar-refractivity contribution in [2.45, 2.75) is 367 Å². The highest BCUT2D eigenvalue weighted by Gasteiger charge is 2.26. The van der Waals surface area contributed by atoms with Gasteiger partial charge in [-0.15, -0.1) is 0 Å². The van der Waals surface area contributed by atoms with Gasteiger partial charge in [-0.05, 0) is 96.3 Å². The van der Waals surface area contributed by atoms with Gasteiger partial charge in [0.05, 0.1) is 13.2 Å². The molecule has 0 bridgehead atoms. The molecule has 0 aliphatic carbocycles. The number of phosphoric ester groups is 1. The van der Waals surface area contributed by atoms with Crippen LogP contribution in [0.25, 0.3) is 0 Å². The summed E-state index contributed by atoms with van der Waals surface area (Å²) in [7, 11) is -4.40. The molecular formula is C81H144NO8P. The number of phosphoric acid groups is 1. The zero-order valence-electron chi connectivity index (χ0n) is 59.3. The molecular weight excluding hydrogens is 1150 g/mol. The summed E-state index contributed by atoms with van der Waals surface area (Å²) in [4.78, 5) is 35.4. The van der Waals surface area contributed by atoms with Gasteiger partial charge in [0.25, 0.3) is 0 Å². The molecule has 0 saturated carbocycles. The average molecular weight is 1290 g/mol. The second kappa shape index (κ2) is 75.7. The van der Waals surface area contributed by atoms with Gasteiger partial charge in [0, 0.05) is 19.4 Å². The van der Waals surface area contributed by atoms with Crippen LogP contribution in [0.5, 0.6) is 0 Å². The lowest BCUT2D eigenvalue weighted by molar-refractivity contribution is -0.161. The molecule has 0 amide bonds. The maximum absolute atomic E-state index is 12.8. The lowest BCUT2D eigenvalue weighted by Crippen LogP contribution is -2.29. The summed E-state index contributed by atoms with van der Waals surface area (Å²) < 4.78 is 33.3. The number of hydrogen-bond acceptors (Lipinski definition) is 8. The van der Waals surface area contributed by atoms with E-state index in [2.05, 4.69) is 123 Å². The third-order valence-corrected chi connectivity index (χ3v) is 17.6. The van der Waals surface area contributed by atoms with E-state index in [4.69, 9.17) is 24.3 Å². The first kappa shape index (κ1) is 87.7. The maximum atomic E-state index is 12.8. The highest BCUT2D eigenvalue weighted by atomic mass is 31.2. The highest BCUT2D eigenvalue weighted by molar-refractivity contribution is 7.47. The minimum absolute atomic E-state index is 0.0527. The predicted molar refractivity (Wildman–Crippen MR) is 395 cm³/mol. The summed E-state index contributed by atoms with van der Waals surface area (Å²) >= 11 is 0. The lowest BCUT2D eigenvalue weighted by Gasteiger charge is -2.19. The number of hydrogen-bond donors (Lipinski definition) is 2. The first-order valence-corrected chi connectivity index (χ1v) is 39.9. The molecule has 0 aliphatic rings. The average Bonchev–Trinajstić information content (AvgIpc) is 3.68. The summed E-state index contributed by atoms with van der Waals surface area (Å²) in [5.41, 5.74) is 5.41. The standard InChI is InChI=1S/C81H144NO8P/c1-3-5-7-9-11-13-15-17-19-21-23-25-27-29-31-33-35-37-39-41-43-45-47-49-51-53-55-57-59-61-63-65-67-69-71-73-80(83)87-77-79(78-89-91(85,86)88-76-75-82)90-81(84)74-72-70-68-66-64-62-60-58-56-54-52-50-48-46-44-42-40-38-36-34-32-30-28-26-24-22-20-18-16-14-12-10-8-6-4-2/h5-8,11-14,17-20,23-26,30,32,79H,3-4,9-10,15-16,21-22,27-29,31,33-78,82H2,1-2H3,(H,85,86)/b7-5-,8-6-,13-11-,14-12-,19-17-,20-18-,25-23-,26-24-,32-30-. The molecule has 0 rings (SSSR count). The van der Waals surface area contributed by atoms with Gasteiger partial charge in [-0.25, -0.2) is 4.57 Å². The van der Waals surface area contributed by atoms with Crippen molar-refractivity contribution >= 4 is 19.8 Å². The topological polar surface area (TPSA) is 134 Å². The summed E-state index contributed by atoms with van der Waals surface area (Å²) in [5.74, 6) is -0.811. The normalized spacial score (nSPS) is 13.5. The SMILES string of the molecule is CC/C=C\C/C=C\C/C=C\C/C=C\C/C=C\CCCCCCCCCCCCCCCCCCCCCC(=O)OC(COC(=O)CCCCCCCCCCCCCCCCCCCCCCCC/C=C\C/C=C\C/C=C\C/C=C\CC)COP(=O)(O)OCCN. The van der Waals surface area contributed by atoms with E-state index in [1.54, 1.807) is 0 Å². The molecule has 526 valence electrons. The minimum atomic E-state index is -4.40. The van der Waals surface area contributed by atoms with Crippen molar-refractivity contribution in [1.29, 1.82) is 0 Å². The Morgan fingerprint density at radius 2 is 0.571 bits per heavy atom. The Morgan fingerprint density at radius 1 is 0.330 bits per heavy atom. The van der Waals surface area contributed by atoms with Crippen molar-refractivity contribution in [2.75, 3.05) is 26.4 Å². The summed E-state index contributed by atoms with van der Waals surface area (Å²) in [6.07, 6.45) is 105. The molecule has 0 radical (unpaired) electrons. The van der Waals surface area contributed by atoms with Crippen LogP contribution < -0.4 is 5.73 Å². The number of carbonyl (C=O) groups is 2. The Hall–Kier alpha value is -3.33. The lowest BCUT2D eigenvalue weighted by atomic mass is 10.0. The molecule has 0 aromatic rings. The zero-order chi connectivity index (χ0) is 65.8. The van der Waals surface area contributed by atoms with Crippen LogP contribution in [-0.4, -0.2) is 49.3 Å². The van der Waals surface area contributed by atoms with E-state index in [0.29, 0.717) is 6.42 Å². The van der Waals surface area contributed by atoms with Crippen molar-refractivity contribution < 1.29 is 37.6 Å². The third kappa shape index (κ3) is 75.6. The predicted octanol–water partition coefficient (Wildman–Crippen LogP) is 25.6. The number of allylic oxidation sites excluding steroid dienone is 18. The number of unbranched alkanes of at least 4 members (excludes halogenated alkanes) is 41. The molecule has 9 nitrogen and oxygen atoms in total. The smallest absolute Gasteiger partial charge is 0.462 e. The quantitative estimate of drug-likeness (QED) is 0.0264. The molecule has 2 unspecified atom stereocenters. The fraction of sp³-hybridized carbons (Fsp3) is 0.753. The van der Waals surface area contributed by atoms with Gasteiger partial charge in [-0.1, -0.05) is 361 Å². The Kier molecular flexibility index (Phi) is 72.9. The van der Waals surface area contributed by atoms with E-state index in [9.17, 15) is 19.0 Å². The van der Waals surface area contributed by atoms with Crippen LogP contribution in [-0.2, 0) is 32.7 Å². The van der Waals surface area contributed by atoms with Gasteiger partial charge in [0.1, 0.15) is 6.61 Å². The number of carbonyl (C=O) groups excluding carboxylic acids is 2. The Balaban J connectivity index is 3.80. The van der Waals surface area contributed by atoms with Crippen molar-refractivity contribution in [1.82, 2.24) is 0 Å². The maximum Gasteiger partial charge on any atom is 0.472 e. The van der Waals surface area contributed by atoms with Gasteiger partial charge >= 0.3 is 19.8 Å². The molecule has 0 fully saturated rings. The Bertz CT molecular complexity index is 1860. The summed E-state index contributed by atoms with van der Waals surface area (Å²) in [6, 6.07) is 0. The second-order valence-electron chi connectivity index (χ2n) is 25.5. The van der Waals surface area contributed by atoms with Crippen LogP contribution in [0.15, 0.2) is 109 Å². The molecule has 3 N–H and O–H groups in total. The molecule has 0 heterocycles. The monoisotopic (exact) mass is 1290 g/mol. The Morgan fingerprint density at radius 3 is 0.846 bits per heavy atom. The van der Waals surface area contributed by atoms with Gasteiger partial charge in [-0.3, -0.25) is 18.6 Å². The van der Waals surface area contributed by atoms with Crippen molar-refractivity contribution in [3.63, 3.8) is 0 Å². The van der Waals surface area contributed by atoms with E-state index < -0.39 is 26.5 Å². The van der Waals surface area contributed by atoms with Crippen LogP contribution in [0.2, 0.25) is 0 Å². The van der Waals surface area contributed by atoms with Crippen LogP contribution in [0.1, 0.15) is 361 Å². The van der Waals surface area contributed by atoms with Gasteiger partial charge in [0.15, 0.2) is 6.10 Å². The van der Waals surface area contributed by atoms with Crippen molar-refractivity contribution in [3.05, 3.63) is 109 Å². The van der Waals surface area contributed by atoms with E-state index >= 15 is 0 Å². The molecule has 0 spiro atoms. The summed E-state index contributed by atoms with van der Waals surface area (Å²) in [5, 5.41) is 0. The van der Waals surface area contributed by atoms with Gasteiger partial charge in [0.2, 0.25) is 0 Å². The van der Waals surface area contributed by atoms with Crippen molar-refractivity contribution in [2.24, 2.45) is 5.73 Å². The number of rotatable bonds is 72. The Labute approximate surface area is 562 Å². The van der Waals surface area contributed by atoms with E-state index in [1.165, 1.54) is 231 Å². The van der Waals surface area contributed by atoms with Crippen LogP contribution in [0.4, 0.5) is 0 Å². The van der Waals surface area contributed by atoms with Crippen LogP contribution >= 0.6 is 7.82 Å². The largest absolute Gasteiger partial charge is 0.472 e. The molecule has 0 aromatic carbocycles. The van der Waals surface area contributed by atoms with E-state index in [0.717, 1.165) is 96.3 Å². The third-order valence-electron chi connectivity index (χ3n) is 16.7. The molecule has 91 heavy (non-hydrogen) atoms. The van der Waals surface area contributed by atoms with Crippen molar-refractivity contribution in [3.8, 4) is 0 Å². The van der Waals surface area contributed by atoms with Gasteiger partial charge < -0.3 is 20.1 Å². The number of nitrogens with two attached hydrogens (primary N) is 1. The fourth-order valence-corrected chi connectivity index (χ4v) is 11.8. The number of esters is 2. The van der Waals surface area contributed by atoms with Crippen LogP contribution in [0, 0.1) is 0 Å². The van der Waals surface area contributed by atoms with Crippen LogP contribution in [0.3, 0.4) is 0 Å². The van der Waals surface area contributed by atoms with E-state index in [1.807, 2.05) is 0 Å². The van der Waals surface area contributed by atoms with E-state index in [-0.39, 0.29) is 38.6 Å². The molecule has 0 saturated heterocycles. The zero-order valence-corrected chi connectivity index (χ0v) is 60.2. The first-order chi connectivity index (χ1) is 44.8.